The van der Waals surface area contributed by atoms with Crippen molar-refractivity contribution in [2.75, 3.05) is 19.8 Å². The summed E-state index contributed by atoms with van der Waals surface area (Å²) in [6.07, 6.45) is 5.06. The summed E-state index contributed by atoms with van der Waals surface area (Å²) in [6.45, 7) is 12.3. The molecule has 1 aliphatic rings. The van der Waals surface area contributed by atoms with E-state index in [1.807, 2.05) is 0 Å². The van der Waals surface area contributed by atoms with Crippen LogP contribution >= 0.6 is 0 Å². The molecule has 0 aromatic rings. The van der Waals surface area contributed by atoms with Crippen molar-refractivity contribution in [1.29, 1.82) is 0 Å². The zero-order valence-electron chi connectivity index (χ0n) is 11.5. The van der Waals surface area contributed by atoms with Gasteiger partial charge in [0.05, 0.1) is 0 Å². The van der Waals surface area contributed by atoms with Gasteiger partial charge in [0, 0.05) is 19.3 Å². The van der Waals surface area contributed by atoms with Gasteiger partial charge in [0.2, 0.25) is 0 Å². The summed E-state index contributed by atoms with van der Waals surface area (Å²) >= 11 is 0. The van der Waals surface area contributed by atoms with Crippen LogP contribution in [-0.4, -0.2) is 25.8 Å². The van der Waals surface area contributed by atoms with E-state index in [4.69, 9.17) is 4.74 Å². The fraction of sp³-hybridized carbons (Fsp3) is 1.00. The highest BCUT2D eigenvalue weighted by atomic mass is 16.5. The van der Waals surface area contributed by atoms with E-state index in [9.17, 15) is 0 Å². The second-order valence-electron chi connectivity index (χ2n) is 5.74. The summed E-state index contributed by atoms with van der Waals surface area (Å²) in [6, 6.07) is 0.658. The van der Waals surface area contributed by atoms with Crippen molar-refractivity contribution in [2.24, 2.45) is 11.3 Å². The number of hydrogen-bond donors (Lipinski definition) is 1. The van der Waals surface area contributed by atoms with Gasteiger partial charge in [-0.3, -0.25) is 0 Å². The minimum atomic E-state index is 0.411. The van der Waals surface area contributed by atoms with E-state index in [2.05, 4.69) is 33.0 Å². The Morgan fingerprint density at radius 1 is 1.25 bits per heavy atom. The smallest absolute Gasteiger partial charge is 0.0468 e. The average Bonchev–Trinajstić information content (AvgIpc) is 2.30. The molecule has 0 aromatic heterocycles. The first-order chi connectivity index (χ1) is 7.60. The van der Waals surface area contributed by atoms with Gasteiger partial charge >= 0.3 is 0 Å². The fourth-order valence-corrected chi connectivity index (χ4v) is 2.49. The van der Waals surface area contributed by atoms with Crippen LogP contribution < -0.4 is 5.32 Å². The lowest BCUT2D eigenvalue weighted by Gasteiger charge is -2.37. The van der Waals surface area contributed by atoms with Crippen LogP contribution in [0.1, 0.15) is 53.4 Å². The fourth-order valence-electron chi connectivity index (χ4n) is 2.49. The third-order valence-corrected chi connectivity index (χ3v) is 4.21. The summed E-state index contributed by atoms with van der Waals surface area (Å²) in [5.41, 5.74) is 0.411. The van der Waals surface area contributed by atoms with Gasteiger partial charge in [-0.05, 0) is 43.6 Å². The molecule has 96 valence electrons. The summed E-state index contributed by atoms with van der Waals surface area (Å²) in [5.74, 6) is 0.864. The van der Waals surface area contributed by atoms with Crippen LogP contribution in [0, 0.1) is 11.3 Å². The monoisotopic (exact) mass is 227 g/mol. The summed E-state index contributed by atoms with van der Waals surface area (Å²) in [7, 11) is 0. The van der Waals surface area contributed by atoms with Crippen LogP contribution in [-0.2, 0) is 4.74 Å². The Kier molecular flexibility index (Phi) is 5.77. The molecular weight excluding hydrogens is 198 g/mol. The van der Waals surface area contributed by atoms with Gasteiger partial charge in [-0.25, -0.2) is 0 Å². The maximum atomic E-state index is 5.43. The molecule has 1 fully saturated rings. The molecule has 0 radical (unpaired) electrons. The second kappa shape index (κ2) is 6.61. The lowest BCUT2D eigenvalue weighted by molar-refractivity contribution is 0.0531. The van der Waals surface area contributed by atoms with Crippen LogP contribution in [0.3, 0.4) is 0 Å². The minimum absolute atomic E-state index is 0.411. The molecule has 1 heterocycles. The Bertz CT molecular complexity index is 185. The van der Waals surface area contributed by atoms with Crippen molar-refractivity contribution in [1.82, 2.24) is 5.32 Å². The molecular formula is C14H29NO. The molecule has 0 aliphatic carbocycles. The SMILES string of the molecule is CCNC(CC1CCOCC1)C(C)(C)CC. The number of rotatable bonds is 6. The van der Waals surface area contributed by atoms with E-state index in [-0.39, 0.29) is 0 Å². The van der Waals surface area contributed by atoms with Gasteiger partial charge in [0.25, 0.3) is 0 Å². The molecule has 0 aromatic carbocycles. The van der Waals surface area contributed by atoms with Crippen LogP contribution in [0.4, 0.5) is 0 Å². The first-order valence-corrected chi connectivity index (χ1v) is 6.91. The van der Waals surface area contributed by atoms with E-state index in [0.29, 0.717) is 11.5 Å². The number of hydrogen-bond acceptors (Lipinski definition) is 2. The Morgan fingerprint density at radius 3 is 2.38 bits per heavy atom. The molecule has 1 rings (SSSR count). The zero-order valence-corrected chi connectivity index (χ0v) is 11.5. The number of nitrogens with one attached hydrogen (secondary N) is 1. The van der Waals surface area contributed by atoms with E-state index in [1.54, 1.807) is 0 Å². The van der Waals surface area contributed by atoms with Crippen molar-refractivity contribution in [3.8, 4) is 0 Å². The van der Waals surface area contributed by atoms with Crippen molar-refractivity contribution in [3.05, 3.63) is 0 Å². The first-order valence-electron chi connectivity index (χ1n) is 6.91. The molecule has 1 saturated heterocycles. The van der Waals surface area contributed by atoms with Gasteiger partial charge in [-0.2, -0.15) is 0 Å². The Labute approximate surface area is 101 Å². The second-order valence-corrected chi connectivity index (χ2v) is 5.74. The third kappa shape index (κ3) is 4.06. The van der Waals surface area contributed by atoms with E-state index in [0.717, 1.165) is 25.7 Å². The van der Waals surface area contributed by atoms with E-state index < -0.39 is 0 Å². The molecule has 1 aliphatic heterocycles. The highest BCUT2D eigenvalue weighted by Crippen LogP contribution is 2.31. The standard InChI is InChI=1S/C14H29NO/c1-5-14(3,4)13(15-6-2)11-12-7-9-16-10-8-12/h12-13,15H,5-11H2,1-4H3. The van der Waals surface area contributed by atoms with E-state index >= 15 is 0 Å². The van der Waals surface area contributed by atoms with E-state index in [1.165, 1.54) is 25.7 Å². The Hall–Kier alpha value is -0.0800. The molecule has 1 atom stereocenters. The topological polar surface area (TPSA) is 21.3 Å². The lowest BCUT2D eigenvalue weighted by Crippen LogP contribution is -2.43. The molecule has 16 heavy (non-hydrogen) atoms. The van der Waals surface area contributed by atoms with Crippen LogP contribution in [0.15, 0.2) is 0 Å². The minimum Gasteiger partial charge on any atom is -0.381 e. The van der Waals surface area contributed by atoms with Gasteiger partial charge < -0.3 is 10.1 Å². The Balaban J connectivity index is 2.49. The Morgan fingerprint density at radius 2 is 1.88 bits per heavy atom. The molecule has 0 bridgehead atoms. The van der Waals surface area contributed by atoms with Gasteiger partial charge in [0.15, 0.2) is 0 Å². The summed E-state index contributed by atoms with van der Waals surface area (Å²) < 4.78 is 5.43. The van der Waals surface area contributed by atoms with Crippen LogP contribution in [0.25, 0.3) is 0 Å². The van der Waals surface area contributed by atoms with Gasteiger partial charge in [0.1, 0.15) is 0 Å². The highest BCUT2D eigenvalue weighted by Gasteiger charge is 2.29. The highest BCUT2D eigenvalue weighted by molar-refractivity contribution is 4.85. The largest absolute Gasteiger partial charge is 0.381 e. The predicted molar refractivity (Wildman–Crippen MR) is 69.7 cm³/mol. The maximum absolute atomic E-state index is 5.43. The molecule has 1 N–H and O–H groups in total. The third-order valence-electron chi connectivity index (χ3n) is 4.21. The maximum Gasteiger partial charge on any atom is 0.0468 e. The quantitative estimate of drug-likeness (QED) is 0.752. The first kappa shape index (κ1) is 14.0. The van der Waals surface area contributed by atoms with Gasteiger partial charge in [-0.1, -0.05) is 27.7 Å². The predicted octanol–water partition coefficient (Wildman–Crippen LogP) is 3.22. The van der Waals surface area contributed by atoms with Crippen molar-refractivity contribution in [2.45, 2.75) is 59.4 Å². The van der Waals surface area contributed by atoms with Crippen LogP contribution in [0.5, 0.6) is 0 Å². The molecule has 2 heteroatoms. The normalized spacial score (nSPS) is 21.0. The molecule has 0 spiro atoms. The molecule has 2 nitrogen and oxygen atoms in total. The van der Waals surface area contributed by atoms with Gasteiger partial charge in [-0.15, -0.1) is 0 Å². The zero-order chi connectivity index (χ0) is 12.0. The molecule has 1 unspecified atom stereocenters. The van der Waals surface area contributed by atoms with Crippen molar-refractivity contribution >= 4 is 0 Å². The molecule has 0 amide bonds. The summed E-state index contributed by atoms with van der Waals surface area (Å²) in [4.78, 5) is 0. The van der Waals surface area contributed by atoms with Crippen molar-refractivity contribution in [3.63, 3.8) is 0 Å². The van der Waals surface area contributed by atoms with Crippen molar-refractivity contribution < 1.29 is 4.74 Å². The number of ether oxygens (including phenoxy) is 1. The lowest BCUT2D eigenvalue weighted by atomic mass is 9.76. The summed E-state index contributed by atoms with van der Waals surface area (Å²) in [5, 5.41) is 3.68. The molecule has 0 saturated carbocycles. The van der Waals surface area contributed by atoms with Crippen LogP contribution in [0.2, 0.25) is 0 Å². The average molecular weight is 227 g/mol.